The van der Waals surface area contributed by atoms with Crippen molar-refractivity contribution in [3.63, 3.8) is 0 Å². The second-order valence-electron chi connectivity index (χ2n) is 4.34. The molecule has 3 rings (SSSR count). The van der Waals surface area contributed by atoms with Gasteiger partial charge in [0.25, 0.3) is 0 Å². The van der Waals surface area contributed by atoms with Gasteiger partial charge >= 0.3 is 5.97 Å². The fraction of sp³-hybridized carbons (Fsp3) is 0.133. The van der Waals surface area contributed by atoms with Gasteiger partial charge in [-0.25, -0.2) is 0 Å². The molecule has 3 heteroatoms. The second kappa shape index (κ2) is 4.18. The van der Waals surface area contributed by atoms with Gasteiger partial charge in [0.1, 0.15) is 0 Å². The van der Waals surface area contributed by atoms with E-state index in [2.05, 4.69) is 0 Å². The van der Waals surface area contributed by atoms with Gasteiger partial charge in [-0.05, 0) is 11.6 Å². The molecule has 0 spiro atoms. The monoisotopic (exact) mass is 240 g/mol. The summed E-state index contributed by atoms with van der Waals surface area (Å²) in [6, 6.07) is 15.0. The number of phenolic OH excluding ortho intramolecular Hbond substituents is 1. The predicted molar refractivity (Wildman–Crippen MR) is 66.6 cm³/mol. The fourth-order valence-corrected chi connectivity index (χ4v) is 2.34. The van der Waals surface area contributed by atoms with Crippen LogP contribution in [0.1, 0.15) is 23.5 Å². The Balaban J connectivity index is 2.14. The number of hydrogen-bond donors (Lipinski definition) is 1. The minimum atomic E-state index is -0.308. The summed E-state index contributed by atoms with van der Waals surface area (Å²) in [5.41, 5.74) is 1.92. The quantitative estimate of drug-likeness (QED) is 0.616. The maximum Gasteiger partial charge on any atom is 0.312 e. The van der Waals surface area contributed by atoms with E-state index in [1.807, 2.05) is 36.4 Å². The lowest BCUT2D eigenvalue weighted by molar-refractivity contribution is -0.135. The molecule has 3 nitrogen and oxygen atoms in total. The zero-order valence-electron chi connectivity index (χ0n) is 9.67. The smallest absolute Gasteiger partial charge is 0.312 e. The summed E-state index contributed by atoms with van der Waals surface area (Å²) in [5, 5.41) is 9.76. The van der Waals surface area contributed by atoms with Gasteiger partial charge in [0, 0.05) is 11.5 Å². The van der Waals surface area contributed by atoms with E-state index in [9.17, 15) is 9.90 Å². The molecule has 0 aliphatic carbocycles. The molecule has 1 aliphatic rings. The van der Waals surface area contributed by atoms with Gasteiger partial charge < -0.3 is 9.84 Å². The Bertz CT molecular complexity index is 590. The summed E-state index contributed by atoms with van der Waals surface area (Å²) in [6.07, 6.45) is 0.306. The Morgan fingerprint density at radius 1 is 1.06 bits per heavy atom. The Kier molecular flexibility index (Phi) is 2.52. The van der Waals surface area contributed by atoms with Crippen LogP contribution in [0.2, 0.25) is 0 Å². The number of aromatic hydroxyl groups is 1. The van der Waals surface area contributed by atoms with Crippen molar-refractivity contribution in [2.45, 2.75) is 12.3 Å². The van der Waals surface area contributed by atoms with Crippen LogP contribution in [0, 0.1) is 0 Å². The molecule has 90 valence electrons. The van der Waals surface area contributed by atoms with E-state index >= 15 is 0 Å². The largest absolute Gasteiger partial charge is 0.504 e. The molecule has 0 fully saturated rings. The summed E-state index contributed by atoms with van der Waals surface area (Å²) in [4.78, 5) is 11.6. The van der Waals surface area contributed by atoms with E-state index in [0.717, 1.165) is 11.1 Å². The van der Waals surface area contributed by atoms with Gasteiger partial charge in [-0.2, -0.15) is 0 Å². The first-order valence-corrected chi connectivity index (χ1v) is 5.83. The van der Waals surface area contributed by atoms with Crippen molar-refractivity contribution in [3.05, 3.63) is 59.7 Å². The topological polar surface area (TPSA) is 46.5 Å². The number of carbonyl (C=O) groups is 1. The predicted octanol–water partition coefficient (Wildman–Crippen LogP) is 2.83. The highest BCUT2D eigenvalue weighted by molar-refractivity contribution is 5.78. The number of carbonyl (C=O) groups excluding carboxylic acids is 1. The number of ether oxygens (including phenoxy) is 1. The molecular formula is C15H12O3. The number of esters is 1. The van der Waals surface area contributed by atoms with E-state index in [0.29, 0.717) is 12.2 Å². The number of fused-ring (bicyclic) bond motifs is 1. The zero-order valence-corrected chi connectivity index (χ0v) is 9.67. The van der Waals surface area contributed by atoms with E-state index in [1.165, 1.54) is 6.07 Å². The van der Waals surface area contributed by atoms with Crippen LogP contribution in [0.5, 0.6) is 11.5 Å². The Labute approximate surface area is 105 Å². The molecule has 18 heavy (non-hydrogen) atoms. The van der Waals surface area contributed by atoms with E-state index < -0.39 is 0 Å². The molecule has 0 saturated heterocycles. The number of benzene rings is 2. The SMILES string of the molecule is O=C1C[C@H](c2ccccc2)c2cccc(O)c2O1. The summed E-state index contributed by atoms with van der Waals surface area (Å²) in [5.74, 6) is -0.0449. The molecule has 1 N–H and O–H groups in total. The molecule has 0 amide bonds. The van der Waals surface area contributed by atoms with Crippen LogP contribution < -0.4 is 4.74 Å². The molecule has 2 aromatic rings. The molecule has 0 aromatic heterocycles. The standard InChI is InChI=1S/C15H12O3/c16-13-8-4-7-11-12(9-14(17)18-15(11)13)10-5-2-1-3-6-10/h1-8,12,16H,9H2/t12-/m1/s1. The van der Waals surface area contributed by atoms with Gasteiger partial charge in [0.05, 0.1) is 6.42 Å². The lowest BCUT2D eigenvalue weighted by Gasteiger charge is -2.25. The first kappa shape index (κ1) is 10.8. The van der Waals surface area contributed by atoms with Crippen molar-refractivity contribution in [3.8, 4) is 11.5 Å². The highest BCUT2D eigenvalue weighted by Crippen LogP contribution is 2.42. The minimum Gasteiger partial charge on any atom is -0.504 e. The Morgan fingerprint density at radius 3 is 2.61 bits per heavy atom. The summed E-state index contributed by atoms with van der Waals surface area (Å²) in [7, 11) is 0. The third-order valence-electron chi connectivity index (χ3n) is 3.19. The summed E-state index contributed by atoms with van der Waals surface area (Å²) >= 11 is 0. The van der Waals surface area contributed by atoms with Crippen molar-refractivity contribution < 1.29 is 14.6 Å². The van der Waals surface area contributed by atoms with Crippen LogP contribution in [-0.4, -0.2) is 11.1 Å². The normalized spacial score (nSPS) is 18.0. The number of para-hydroxylation sites is 1. The van der Waals surface area contributed by atoms with Crippen molar-refractivity contribution in [2.75, 3.05) is 0 Å². The molecule has 0 bridgehead atoms. The van der Waals surface area contributed by atoms with Gasteiger partial charge in [-0.3, -0.25) is 4.79 Å². The summed E-state index contributed by atoms with van der Waals surface area (Å²) in [6.45, 7) is 0. The molecule has 1 aliphatic heterocycles. The van der Waals surface area contributed by atoms with Gasteiger partial charge in [0.15, 0.2) is 11.5 Å². The maximum atomic E-state index is 11.6. The van der Waals surface area contributed by atoms with Crippen molar-refractivity contribution in [1.29, 1.82) is 0 Å². The first-order chi connectivity index (χ1) is 8.75. The van der Waals surface area contributed by atoms with E-state index in [4.69, 9.17) is 4.74 Å². The number of hydrogen-bond acceptors (Lipinski definition) is 3. The third kappa shape index (κ3) is 1.74. The second-order valence-corrected chi connectivity index (χ2v) is 4.34. The third-order valence-corrected chi connectivity index (χ3v) is 3.19. The van der Waals surface area contributed by atoms with Crippen molar-refractivity contribution >= 4 is 5.97 Å². The minimum absolute atomic E-state index is 0.0153. The van der Waals surface area contributed by atoms with Gasteiger partial charge in [-0.15, -0.1) is 0 Å². The van der Waals surface area contributed by atoms with Crippen LogP contribution in [0.25, 0.3) is 0 Å². The van der Waals surface area contributed by atoms with Crippen LogP contribution in [-0.2, 0) is 4.79 Å². The van der Waals surface area contributed by atoms with Gasteiger partial charge in [0.2, 0.25) is 0 Å². The zero-order chi connectivity index (χ0) is 12.5. The molecular weight excluding hydrogens is 228 g/mol. The molecule has 0 unspecified atom stereocenters. The van der Waals surface area contributed by atoms with Crippen LogP contribution in [0.4, 0.5) is 0 Å². The number of rotatable bonds is 1. The molecule has 1 heterocycles. The maximum absolute atomic E-state index is 11.6. The highest BCUT2D eigenvalue weighted by atomic mass is 16.5. The highest BCUT2D eigenvalue weighted by Gasteiger charge is 2.29. The van der Waals surface area contributed by atoms with Crippen molar-refractivity contribution in [1.82, 2.24) is 0 Å². The van der Waals surface area contributed by atoms with Crippen LogP contribution in [0.3, 0.4) is 0 Å². The molecule has 0 saturated carbocycles. The van der Waals surface area contributed by atoms with E-state index in [1.54, 1.807) is 6.07 Å². The lowest BCUT2D eigenvalue weighted by Crippen LogP contribution is -2.20. The average molecular weight is 240 g/mol. The van der Waals surface area contributed by atoms with Crippen LogP contribution >= 0.6 is 0 Å². The average Bonchev–Trinajstić information content (AvgIpc) is 2.40. The number of phenols is 1. The molecule has 0 radical (unpaired) electrons. The van der Waals surface area contributed by atoms with Crippen molar-refractivity contribution in [2.24, 2.45) is 0 Å². The van der Waals surface area contributed by atoms with E-state index in [-0.39, 0.29) is 17.6 Å². The Hall–Kier alpha value is -2.29. The van der Waals surface area contributed by atoms with Crippen LogP contribution in [0.15, 0.2) is 48.5 Å². The van der Waals surface area contributed by atoms with Gasteiger partial charge in [-0.1, -0.05) is 42.5 Å². The first-order valence-electron chi connectivity index (χ1n) is 5.83. The lowest BCUT2D eigenvalue weighted by atomic mass is 9.86. The Morgan fingerprint density at radius 2 is 1.83 bits per heavy atom. The molecule has 1 atom stereocenters. The molecule has 2 aromatic carbocycles. The summed E-state index contributed by atoms with van der Waals surface area (Å²) < 4.78 is 5.13. The fourth-order valence-electron chi connectivity index (χ4n) is 2.34.